The number of benzene rings is 2. The van der Waals surface area contributed by atoms with Gasteiger partial charge in [0.1, 0.15) is 0 Å². The summed E-state index contributed by atoms with van der Waals surface area (Å²) in [6, 6.07) is 23.4. The van der Waals surface area contributed by atoms with Crippen LogP contribution in [0.25, 0.3) is 21.9 Å². The van der Waals surface area contributed by atoms with Gasteiger partial charge in [0.15, 0.2) is 0 Å². The number of hydrogen-bond acceptors (Lipinski definition) is 0. The van der Waals surface area contributed by atoms with Gasteiger partial charge in [0, 0.05) is 0 Å². The van der Waals surface area contributed by atoms with Crippen LogP contribution < -0.4 is 0 Å². The molecule has 0 aromatic heterocycles. The molecule has 0 unspecified atom stereocenters. The van der Waals surface area contributed by atoms with E-state index < -0.39 is 18.2 Å². The van der Waals surface area contributed by atoms with Gasteiger partial charge in [-0.05, 0) is 0 Å². The summed E-state index contributed by atoms with van der Waals surface area (Å²) in [6.07, 6.45) is 0. The zero-order chi connectivity index (χ0) is 13.7. The maximum absolute atomic E-state index is 5.00. The smallest absolute Gasteiger partial charge is 0.0635 e. The summed E-state index contributed by atoms with van der Waals surface area (Å²) in [7, 11) is 15.0. The Morgan fingerprint density at radius 2 is 1.37 bits per heavy atom. The molecule has 0 spiro atoms. The molecular formula is C15H11Cl3Zr-. The van der Waals surface area contributed by atoms with Gasteiger partial charge in [-0.25, -0.2) is 0 Å². The van der Waals surface area contributed by atoms with Crippen molar-refractivity contribution in [3.63, 3.8) is 0 Å². The summed E-state index contributed by atoms with van der Waals surface area (Å²) in [5.74, 6) is 0. The second-order valence-electron chi connectivity index (χ2n) is 3.95. The first kappa shape index (κ1) is 15.2. The molecule has 0 fully saturated rings. The molecule has 0 bridgehead atoms. The average Bonchev–Trinajstić information content (AvgIpc) is 2.83. The maximum atomic E-state index is 5.00. The van der Waals surface area contributed by atoms with Crippen LogP contribution in [-0.4, -0.2) is 0 Å². The monoisotopic (exact) mass is 386 g/mol. The standard InChI is InChI=1S/C15H11.3ClH.Zr/c1-2-6-12(7-3-1)15-10-13-8-4-5-9-14(13)11-15;;;;/h1-11H;3*1H;/q-1;;;;+3/p-3. The molecule has 0 heterocycles. The summed E-state index contributed by atoms with van der Waals surface area (Å²) in [5.41, 5.74) is 2.59. The van der Waals surface area contributed by atoms with Gasteiger partial charge in [-0.1, -0.05) is 54.1 Å². The van der Waals surface area contributed by atoms with Crippen LogP contribution in [0, 0.1) is 0 Å². The van der Waals surface area contributed by atoms with Gasteiger partial charge in [0.05, 0.1) is 0 Å². The topological polar surface area (TPSA) is 0 Å². The SMILES string of the molecule is [Cl][Zr]([Cl])[Cl].c1ccc(-c2cc3ccccc3[cH-]2)cc1. The van der Waals surface area contributed by atoms with E-state index in [0.29, 0.717) is 0 Å². The Labute approximate surface area is 131 Å². The molecule has 4 heteroatoms. The van der Waals surface area contributed by atoms with Crippen LogP contribution in [0.4, 0.5) is 0 Å². The zero-order valence-corrected chi connectivity index (χ0v) is 14.7. The molecule has 0 nitrogen and oxygen atoms in total. The van der Waals surface area contributed by atoms with Crippen molar-refractivity contribution in [2.24, 2.45) is 0 Å². The van der Waals surface area contributed by atoms with E-state index in [1.165, 1.54) is 21.9 Å². The van der Waals surface area contributed by atoms with Crippen molar-refractivity contribution < 1.29 is 18.2 Å². The van der Waals surface area contributed by atoms with E-state index in [9.17, 15) is 0 Å². The Kier molecular flexibility index (Phi) is 6.04. The zero-order valence-electron chi connectivity index (χ0n) is 9.98. The molecule has 19 heavy (non-hydrogen) atoms. The number of fused-ring (bicyclic) bond motifs is 1. The summed E-state index contributed by atoms with van der Waals surface area (Å²) in [6.45, 7) is 0. The summed E-state index contributed by atoms with van der Waals surface area (Å²) >= 11 is -2.13. The first-order chi connectivity index (χ1) is 9.16. The Hall–Kier alpha value is -0.197. The maximum Gasteiger partial charge on any atom is -0.0635 e. The Morgan fingerprint density at radius 3 is 2.00 bits per heavy atom. The van der Waals surface area contributed by atoms with Crippen LogP contribution in [0.3, 0.4) is 0 Å². The molecule has 0 atom stereocenters. The average molecular weight is 389 g/mol. The normalized spacial score (nSPS) is 9.84. The molecule has 0 aliphatic carbocycles. The van der Waals surface area contributed by atoms with Crippen molar-refractivity contribution >= 4 is 36.3 Å². The van der Waals surface area contributed by atoms with Crippen molar-refractivity contribution in [2.45, 2.75) is 0 Å². The second kappa shape index (κ2) is 7.55. The third-order valence-corrected chi connectivity index (χ3v) is 2.73. The van der Waals surface area contributed by atoms with Gasteiger partial charge < -0.3 is 0 Å². The molecule has 0 aliphatic rings. The van der Waals surface area contributed by atoms with Crippen molar-refractivity contribution in [3.8, 4) is 11.1 Å². The van der Waals surface area contributed by atoms with Crippen molar-refractivity contribution in [2.75, 3.05) is 0 Å². The van der Waals surface area contributed by atoms with Gasteiger partial charge in [-0.2, -0.15) is 0 Å². The van der Waals surface area contributed by atoms with Gasteiger partial charge in [0.25, 0.3) is 0 Å². The molecule has 0 radical (unpaired) electrons. The molecule has 3 aromatic carbocycles. The van der Waals surface area contributed by atoms with Crippen molar-refractivity contribution in [1.29, 1.82) is 0 Å². The van der Waals surface area contributed by atoms with Crippen LogP contribution in [0.2, 0.25) is 0 Å². The van der Waals surface area contributed by atoms with Gasteiger partial charge in [-0.3, -0.25) is 0 Å². The van der Waals surface area contributed by atoms with Crippen molar-refractivity contribution in [1.82, 2.24) is 0 Å². The third kappa shape index (κ3) is 4.69. The predicted molar refractivity (Wildman–Crippen MR) is 82.5 cm³/mol. The number of rotatable bonds is 1. The Morgan fingerprint density at radius 1 is 0.789 bits per heavy atom. The number of hydrogen-bond donors (Lipinski definition) is 0. The Balaban J connectivity index is 0.000000297. The fourth-order valence-corrected chi connectivity index (χ4v) is 1.95. The summed E-state index contributed by atoms with van der Waals surface area (Å²) < 4.78 is 0. The molecule has 0 saturated carbocycles. The van der Waals surface area contributed by atoms with Crippen molar-refractivity contribution in [3.05, 3.63) is 66.7 Å². The van der Waals surface area contributed by atoms with Crippen LogP contribution in [0.15, 0.2) is 66.7 Å². The fourth-order valence-electron chi connectivity index (χ4n) is 1.95. The van der Waals surface area contributed by atoms with E-state index in [0.717, 1.165) is 0 Å². The van der Waals surface area contributed by atoms with Gasteiger partial charge in [0.2, 0.25) is 0 Å². The fraction of sp³-hybridized carbons (Fsp3) is 0. The Bertz CT molecular complexity index is 596. The van der Waals surface area contributed by atoms with Crippen LogP contribution in [0.5, 0.6) is 0 Å². The van der Waals surface area contributed by atoms with E-state index in [1.807, 2.05) is 6.07 Å². The minimum Gasteiger partial charge on any atom is -0.145 e. The molecule has 0 saturated heterocycles. The quantitative estimate of drug-likeness (QED) is 0.429. The second-order valence-corrected chi connectivity index (χ2v) is 15.1. The molecule has 0 N–H and O–H groups in total. The number of halogens is 3. The van der Waals surface area contributed by atoms with Gasteiger partial charge in [-0.15, -0.1) is 34.5 Å². The molecule has 3 aromatic rings. The minimum absolute atomic E-state index is 1.29. The van der Waals surface area contributed by atoms with E-state index in [1.54, 1.807) is 0 Å². The summed E-state index contributed by atoms with van der Waals surface area (Å²) in [4.78, 5) is 0. The molecular weight excluding hydrogens is 378 g/mol. The van der Waals surface area contributed by atoms with Crippen LogP contribution in [0.1, 0.15) is 0 Å². The molecule has 3 rings (SSSR count). The summed E-state index contributed by atoms with van der Waals surface area (Å²) in [5, 5.41) is 2.63. The first-order valence-corrected chi connectivity index (χ1v) is 15.2. The van der Waals surface area contributed by atoms with Gasteiger partial charge >= 0.3 is 43.7 Å². The predicted octanol–water partition coefficient (Wildman–Crippen LogP) is 6.29. The van der Waals surface area contributed by atoms with E-state index in [-0.39, 0.29) is 0 Å². The molecule has 0 aliphatic heterocycles. The van der Waals surface area contributed by atoms with E-state index in [4.69, 9.17) is 25.5 Å². The molecule has 0 amide bonds. The first-order valence-electron chi connectivity index (χ1n) is 5.71. The minimum atomic E-state index is -2.13. The molecule has 97 valence electrons. The third-order valence-electron chi connectivity index (χ3n) is 2.73. The van der Waals surface area contributed by atoms with E-state index in [2.05, 4.69) is 60.7 Å². The van der Waals surface area contributed by atoms with Crippen LogP contribution >= 0.6 is 25.5 Å². The largest absolute Gasteiger partial charge is 0.145 e. The van der Waals surface area contributed by atoms with Crippen LogP contribution in [-0.2, 0) is 18.2 Å². The van der Waals surface area contributed by atoms with E-state index >= 15 is 0 Å².